The van der Waals surface area contributed by atoms with Crippen LogP contribution in [0.1, 0.15) is 31.7 Å². The van der Waals surface area contributed by atoms with Crippen molar-refractivity contribution in [1.29, 1.82) is 0 Å². The van der Waals surface area contributed by atoms with Gasteiger partial charge in [-0.15, -0.1) is 11.8 Å². The first kappa shape index (κ1) is 23.6. The Morgan fingerprint density at radius 1 is 1.32 bits per heavy atom. The summed E-state index contributed by atoms with van der Waals surface area (Å²) in [6.07, 6.45) is 2.19. The Hall–Kier alpha value is -2.03. The Labute approximate surface area is 192 Å². The molecule has 2 aromatic rings. The summed E-state index contributed by atoms with van der Waals surface area (Å²) in [5, 5.41) is 4.16. The molecule has 0 bridgehead atoms. The zero-order chi connectivity index (χ0) is 22.2. The van der Waals surface area contributed by atoms with E-state index in [4.69, 9.17) is 10.5 Å². The fraction of sp³-hybridized carbons (Fsp3) is 0.478. The molecule has 0 radical (unpaired) electrons. The molecule has 1 aliphatic heterocycles. The first-order valence-corrected chi connectivity index (χ1v) is 12.5. The Balaban J connectivity index is 1.62. The van der Waals surface area contributed by atoms with E-state index in [-0.39, 0.29) is 23.9 Å². The number of piperidine rings is 1. The van der Waals surface area contributed by atoms with E-state index in [9.17, 15) is 9.59 Å². The topological polar surface area (TPSA) is 75.9 Å². The van der Waals surface area contributed by atoms with Crippen LogP contribution < -0.4 is 10.5 Å². The lowest BCUT2D eigenvalue weighted by Crippen LogP contribution is -2.50. The zero-order valence-corrected chi connectivity index (χ0v) is 19.8. The monoisotopic (exact) mass is 461 g/mol. The van der Waals surface area contributed by atoms with Crippen LogP contribution in [0.5, 0.6) is 5.75 Å². The van der Waals surface area contributed by atoms with Gasteiger partial charge in [-0.25, -0.2) is 0 Å². The molecule has 1 unspecified atom stereocenters. The number of hydrogen-bond acceptors (Lipinski definition) is 6. The van der Waals surface area contributed by atoms with Crippen LogP contribution in [0.15, 0.2) is 46.0 Å². The Bertz CT molecular complexity index is 852. The van der Waals surface area contributed by atoms with E-state index < -0.39 is 0 Å². The van der Waals surface area contributed by atoms with E-state index >= 15 is 0 Å². The highest BCUT2D eigenvalue weighted by Crippen LogP contribution is 2.26. The highest BCUT2D eigenvalue weighted by atomic mass is 32.2. The van der Waals surface area contributed by atoms with E-state index in [1.54, 1.807) is 30.2 Å². The number of hydrogen-bond donors (Lipinski definition) is 1. The normalized spacial score (nSPS) is 16.1. The SMILES string of the molecule is COc1cccc(SCC(=O)N(Cc2ccsc2)C2CCN(C(C)CC(N)=O)CC2)c1. The highest BCUT2D eigenvalue weighted by Gasteiger charge is 2.30. The molecule has 3 rings (SSSR count). The molecule has 0 saturated carbocycles. The minimum absolute atomic E-state index is 0.142. The van der Waals surface area contributed by atoms with Crippen LogP contribution in [0, 0.1) is 0 Å². The number of rotatable bonds is 10. The molecule has 31 heavy (non-hydrogen) atoms. The van der Waals surface area contributed by atoms with Crippen LogP contribution in [0.25, 0.3) is 0 Å². The lowest BCUT2D eigenvalue weighted by atomic mass is 10.00. The molecule has 2 heterocycles. The zero-order valence-electron chi connectivity index (χ0n) is 18.2. The van der Waals surface area contributed by atoms with Crippen molar-refractivity contribution in [2.75, 3.05) is 26.0 Å². The van der Waals surface area contributed by atoms with Gasteiger partial charge >= 0.3 is 0 Å². The van der Waals surface area contributed by atoms with Gasteiger partial charge in [0.15, 0.2) is 0 Å². The van der Waals surface area contributed by atoms with Crippen LogP contribution in [0.3, 0.4) is 0 Å². The van der Waals surface area contributed by atoms with Crippen LogP contribution in [-0.2, 0) is 16.1 Å². The summed E-state index contributed by atoms with van der Waals surface area (Å²) in [7, 11) is 1.65. The number of thiophene rings is 1. The molecule has 1 aromatic heterocycles. The number of methoxy groups -OCH3 is 1. The molecule has 1 fully saturated rings. The number of likely N-dealkylation sites (tertiary alicyclic amines) is 1. The number of ether oxygens (including phenoxy) is 1. The van der Waals surface area contributed by atoms with Gasteiger partial charge in [0.1, 0.15) is 5.75 Å². The number of carbonyl (C=O) groups excluding carboxylic acids is 2. The van der Waals surface area contributed by atoms with Gasteiger partial charge in [0, 0.05) is 43.0 Å². The number of primary amides is 1. The number of nitrogens with zero attached hydrogens (tertiary/aromatic N) is 2. The Morgan fingerprint density at radius 2 is 2.10 bits per heavy atom. The lowest BCUT2D eigenvalue weighted by molar-refractivity contribution is -0.132. The van der Waals surface area contributed by atoms with E-state index in [0.29, 0.717) is 18.7 Å². The predicted octanol–water partition coefficient (Wildman–Crippen LogP) is 3.61. The average molecular weight is 462 g/mol. The van der Waals surface area contributed by atoms with Crippen LogP contribution >= 0.6 is 23.1 Å². The van der Waals surface area contributed by atoms with Crippen molar-refractivity contribution in [2.24, 2.45) is 5.73 Å². The smallest absolute Gasteiger partial charge is 0.233 e. The average Bonchev–Trinajstić information content (AvgIpc) is 3.29. The summed E-state index contributed by atoms with van der Waals surface area (Å²) in [5.41, 5.74) is 6.54. The fourth-order valence-corrected chi connectivity index (χ4v) is 5.47. The van der Waals surface area contributed by atoms with E-state index in [0.717, 1.165) is 36.6 Å². The maximum atomic E-state index is 13.3. The number of nitrogens with two attached hydrogens (primary N) is 1. The first-order chi connectivity index (χ1) is 15.0. The van der Waals surface area contributed by atoms with Crippen molar-refractivity contribution in [3.8, 4) is 5.75 Å². The largest absolute Gasteiger partial charge is 0.497 e. The molecule has 2 amide bonds. The molecule has 1 aliphatic rings. The van der Waals surface area contributed by atoms with E-state index in [2.05, 4.69) is 21.7 Å². The molecule has 6 nitrogen and oxygen atoms in total. The summed E-state index contributed by atoms with van der Waals surface area (Å²) in [5.74, 6) is 1.08. The highest BCUT2D eigenvalue weighted by molar-refractivity contribution is 8.00. The van der Waals surface area contributed by atoms with Gasteiger partial charge in [-0.3, -0.25) is 14.5 Å². The second-order valence-corrected chi connectivity index (χ2v) is 9.74. The summed E-state index contributed by atoms with van der Waals surface area (Å²) < 4.78 is 5.29. The number of thioether (sulfide) groups is 1. The standard InChI is InChI=1S/C23H31N3O3S2/c1-17(12-22(24)27)25-9-6-19(7-10-25)26(14-18-8-11-30-15-18)23(28)16-31-21-5-3-4-20(13-21)29-2/h3-5,8,11,13,15,17,19H,6-7,9-10,12,14,16H2,1-2H3,(H2,24,27). The molecule has 8 heteroatoms. The van der Waals surface area contributed by atoms with Crippen molar-refractivity contribution in [1.82, 2.24) is 9.80 Å². The summed E-state index contributed by atoms with van der Waals surface area (Å²) >= 11 is 3.20. The van der Waals surface area contributed by atoms with E-state index in [1.165, 1.54) is 5.56 Å². The molecule has 1 aromatic carbocycles. The molecule has 1 atom stereocenters. The van der Waals surface area contributed by atoms with Gasteiger partial charge in [0.2, 0.25) is 11.8 Å². The van der Waals surface area contributed by atoms with Gasteiger partial charge in [0.25, 0.3) is 0 Å². The second-order valence-electron chi connectivity index (χ2n) is 7.91. The third kappa shape index (κ3) is 6.98. The summed E-state index contributed by atoms with van der Waals surface area (Å²) in [6.45, 7) is 4.43. The van der Waals surface area contributed by atoms with Crippen molar-refractivity contribution in [3.63, 3.8) is 0 Å². The molecule has 168 valence electrons. The molecule has 1 saturated heterocycles. The van der Waals surface area contributed by atoms with Gasteiger partial charge in [0.05, 0.1) is 12.9 Å². The number of carbonyl (C=O) groups is 2. The number of amides is 2. The third-order valence-corrected chi connectivity index (χ3v) is 7.43. The summed E-state index contributed by atoms with van der Waals surface area (Å²) in [4.78, 5) is 29.9. The van der Waals surface area contributed by atoms with Gasteiger partial charge in [-0.05, 0) is 60.4 Å². The number of benzene rings is 1. The molecular formula is C23H31N3O3S2. The van der Waals surface area contributed by atoms with Crippen molar-refractivity contribution in [2.45, 2.75) is 49.7 Å². The predicted molar refractivity (Wildman–Crippen MR) is 126 cm³/mol. The van der Waals surface area contributed by atoms with Gasteiger partial charge in [-0.1, -0.05) is 6.07 Å². The quantitative estimate of drug-likeness (QED) is 0.547. The minimum atomic E-state index is -0.265. The molecular weight excluding hydrogens is 430 g/mol. The third-order valence-electron chi connectivity index (χ3n) is 5.72. The van der Waals surface area contributed by atoms with Crippen molar-refractivity contribution < 1.29 is 14.3 Å². The van der Waals surface area contributed by atoms with Crippen LogP contribution in [0.4, 0.5) is 0 Å². The molecule has 2 N–H and O–H groups in total. The molecule has 0 spiro atoms. The minimum Gasteiger partial charge on any atom is -0.497 e. The maximum absolute atomic E-state index is 13.3. The summed E-state index contributed by atoms with van der Waals surface area (Å²) in [6, 6.07) is 10.2. The maximum Gasteiger partial charge on any atom is 0.233 e. The Morgan fingerprint density at radius 3 is 2.74 bits per heavy atom. The second kappa shape index (κ2) is 11.5. The van der Waals surface area contributed by atoms with Crippen molar-refractivity contribution in [3.05, 3.63) is 46.7 Å². The van der Waals surface area contributed by atoms with Gasteiger partial charge < -0.3 is 15.4 Å². The fourth-order valence-electron chi connectivity index (χ4n) is 3.98. The Kier molecular flexibility index (Phi) is 8.80. The molecule has 0 aliphatic carbocycles. The van der Waals surface area contributed by atoms with Crippen LogP contribution in [-0.4, -0.2) is 59.7 Å². The van der Waals surface area contributed by atoms with E-state index in [1.807, 2.05) is 36.1 Å². The lowest BCUT2D eigenvalue weighted by Gasteiger charge is -2.40. The van der Waals surface area contributed by atoms with Gasteiger partial charge in [-0.2, -0.15) is 11.3 Å². The first-order valence-electron chi connectivity index (χ1n) is 10.6. The van der Waals surface area contributed by atoms with Crippen molar-refractivity contribution >= 4 is 34.9 Å². The van der Waals surface area contributed by atoms with Crippen LogP contribution in [0.2, 0.25) is 0 Å².